The Hall–Kier alpha value is -3.03. The van der Waals surface area contributed by atoms with E-state index >= 15 is 0 Å². The molecule has 0 aromatic heterocycles. The third-order valence-corrected chi connectivity index (χ3v) is 4.52. The molecule has 1 aliphatic rings. The van der Waals surface area contributed by atoms with Crippen LogP contribution in [0.4, 0.5) is 23.7 Å². The van der Waals surface area contributed by atoms with Crippen LogP contribution in [0.5, 0.6) is 0 Å². The minimum absolute atomic E-state index is 0.332. The van der Waals surface area contributed by atoms with E-state index in [0.29, 0.717) is 31.4 Å². The van der Waals surface area contributed by atoms with E-state index in [-0.39, 0.29) is 6.04 Å². The van der Waals surface area contributed by atoms with E-state index in [9.17, 15) is 22.8 Å². The van der Waals surface area contributed by atoms with Gasteiger partial charge in [0.05, 0.1) is 0 Å². The summed E-state index contributed by atoms with van der Waals surface area (Å²) in [7, 11) is 0. The van der Waals surface area contributed by atoms with Crippen molar-refractivity contribution in [2.45, 2.75) is 37.8 Å². The molecule has 0 saturated heterocycles. The highest BCUT2D eigenvalue weighted by atomic mass is 19.1. The van der Waals surface area contributed by atoms with Crippen LogP contribution >= 0.6 is 0 Å². The molecule has 0 radical (unpaired) electrons. The maximum atomic E-state index is 13.7. The molecule has 148 valence electrons. The van der Waals surface area contributed by atoms with Crippen LogP contribution in [0.1, 0.15) is 36.0 Å². The Kier molecular flexibility index (Phi) is 6.18. The molecular formula is C20H19F3N2O3. The Labute approximate surface area is 159 Å². The van der Waals surface area contributed by atoms with Gasteiger partial charge in [-0.05, 0) is 55.7 Å². The maximum Gasteiger partial charge on any atom is 0.411 e. The first-order valence-corrected chi connectivity index (χ1v) is 8.90. The summed E-state index contributed by atoms with van der Waals surface area (Å²) in [5, 5.41) is 5.10. The summed E-state index contributed by atoms with van der Waals surface area (Å²) in [6.45, 7) is 0. The summed E-state index contributed by atoms with van der Waals surface area (Å²) in [5.74, 6) is -3.12. The van der Waals surface area contributed by atoms with Gasteiger partial charge in [-0.25, -0.2) is 18.0 Å². The van der Waals surface area contributed by atoms with E-state index < -0.39 is 41.1 Å². The summed E-state index contributed by atoms with van der Waals surface area (Å²) in [6, 6.07) is 8.09. The van der Waals surface area contributed by atoms with Crippen LogP contribution in [0.25, 0.3) is 0 Å². The van der Waals surface area contributed by atoms with Crippen molar-refractivity contribution in [1.82, 2.24) is 5.32 Å². The molecule has 2 aromatic carbocycles. The molecule has 1 aliphatic carbocycles. The van der Waals surface area contributed by atoms with Gasteiger partial charge in [0.15, 0.2) is 0 Å². The van der Waals surface area contributed by atoms with Crippen LogP contribution < -0.4 is 10.6 Å². The predicted octanol–water partition coefficient (Wildman–Crippen LogP) is 4.39. The van der Waals surface area contributed by atoms with Crippen molar-refractivity contribution in [3.05, 3.63) is 65.5 Å². The fourth-order valence-electron chi connectivity index (χ4n) is 3.19. The van der Waals surface area contributed by atoms with Crippen molar-refractivity contribution < 1.29 is 27.5 Å². The van der Waals surface area contributed by atoms with Crippen LogP contribution in [0, 0.1) is 17.5 Å². The molecule has 1 fully saturated rings. The van der Waals surface area contributed by atoms with Crippen LogP contribution in [0.2, 0.25) is 0 Å². The van der Waals surface area contributed by atoms with E-state index in [2.05, 4.69) is 10.6 Å². The standard InChI is InChI=1S/C20H19F3N2O3/c21-12-7-9-13(10-8-12)25-20(27)28-15-4-1-3-14(11-15)24-19(26)18-16(22)5-2-6-17(18)23/h2,5-10,14-15H,1,3-4,11H2,(H,24,26)(H,25,27). The molecule has 2 N–H and O–H groups in total. The Morgan fingerprint density at radius 2 is 1.64 bits per heavy atom. The van der Waals surface area contributed by atoms with Crippen LogP contribution in [-0.2, 0) is 4.74 Å². The number of benzene rings is 2. The molecule has 0 spiro atoms. The zero-order valence-corrected chi connectivity index (χ0v) is 14.9. The van der Waals surface area contributed by atoms with E-state index in [4.69, 9.17) is 4.74 Å². The number of rotatable bonds is 4. The molecule has 8 heteroatoms. The number of carbonyl (C=O) groups excluding carboxylic acids is 2. The van der Waals surface area contributed by atoms with E-state index in [1.807, 2.05) is 0 Å². The van der Waals surface area contributed by atoms with Gasteiger partial charge in [-0.2, -0.15) is 0 Å². The Bertz CT molecular complexity index is 838. The number of amides is 2. The Balaban J connectivity index is 1.54. The van der Waals surface area contributed by atoms with Crippen molar-refractivity contribution in [3.63, 3.8) is 0 Å². The third kappa shape index (κ3) is 5.03. The molecule has 1 saturated carbocycles. The lowest BCUT2D eigenvalue weighted by Crippen LogP contribution is -2.41. The molecule has 2 aromatic rings. The average Bonchev–Trinajstić information content (AvgIpc) is 2.64. The minimum Gasteiger partial charge on any atom is -0.446 e. The largest absolute Gasteiger partial charge is 0.446 e. The van der Waals surface area contributed by atoms with Crippen molar-refractivity contribution in [2.24, 2.45) is 0 Å². The number of halogens is 3. The number of carbonyl (C=O) groups is 2. The molecule has 5 nitrogen and oxygen atoms in total. The highest BCUT2D eigenvalue weighted by molar-refractivity contribution is 5.95. The first kappa shape index (κ1) is 19.7. The highest BCUT2D eigenvalue weighted by Crippen LogP contribution is 2.23. The average molecular weight is 392 g/mol. The zero-order chi connectivity index (χ0) is 20.1. The van der Waals surface area contributed by atoms with Crippen molar-refractivity contribution in [3.8, 4) is 0 Å². The molecular weight excluding hydrogens is 373 g/mol. The van der Waals surface area contributed by atoms with E-state index in [1.165, 1.54) is 30.3 Å². The molecule has 0 heterocycles. The first-order valence-electron chi connectivity index (χ1n) is 8.90. The topological polar surface area (TPSA) is 67.4 Å². The summed E-state index contributed by atoms with van der Waals surface area (Å²) >= 11 is 0. The fraction of sp³-hybridized carbons (Fsp3) is 0.300. The lowest BCUT2D eigenvalue weighted by atomic mass is 9.92. The fourth-order valence-corrected chi connectivity index (χ4v) is 3.19. The smallest absolute Gasteiger partial charge is 0.411 e. The zero-order valence-electron chi connectivity index (χ0n) is 14.9. The predicted molar refractivity (Wildman–Crippen MR) is 96.4 cm³/mol. The van der Waals surface area contributed by atoms with Gasteiger partial charge in [0.1, 0.15) is 29.1 Å². The maximum absolute atomic E-state index is 13.7. The van der Waals surface area contributed by atoms with Crippen LogP contribution in [-0.4, -0.2) is 24.1 Å². The van der Waals surface area contributed by atoms with E-state index in [0.717, 1.165) is 12.1 Å². The molecule has 0 aliphatic heterocycles. The summed E-state index contributed by atoms with van der Waals surface area (Å²) in [4.78, 5) is 24.2. The van der Waals surface area contributed by atoms with Crippen molar-refractivity contribution in [1.29, 1.82) is 0 Å². The highest BCUT2D eigenvalue weighted by Gasteiger charge is 2.28. The van der Waals surface area contributed by atoms with Gasteiger partial charge >= 0.3 is 6.09 Å². The number of ether oxygens (including phenoxy) is 1. The van der Waals surface area contributed by atoms with Crippen LogP contribution in [0.3, 0.4) is 0 Å². The summed E-state index contributed by atoms with van der Waals surface area (Å²) < 4.78 is 45.7. The number of hydrogen-bond donors (Lipinski definition) is 2. The molecule has 0 bridgehead atoms. The number of nitrogens with one attached hydrogen (secondary N) is 2. The lowest BCUT2D eigenvalue weighted by molar-refractivity contribution is 0.0710. The molecule has 2 unspecified atom stereocenters. The van der Waals surface area contributed by atoms with Crippen molar-refractivity contribution in [2.75, 3.05) is 5.32 Å². The van der Waals surface area contributed by atoms with Crippen LogP contribution in [0.15, 0.2) is 42.5 Å². The molecule has 28 heavy (non-hydrogen) atoms. The van der Waals surface area contributed by atoms with Gasteiger partial charge in [0, 0.05) is 18.2 Å². The first-order chi connectivity index (χ1) is 13.4. The van der Waals surface area contributed by atoms with Gasteiger partial charge in [-0.15, -0.1) is 0 Å². The quantitative estimate of drug-likeness (QED) is 0.811. The minimum atomic E-state index is -0.931. The summed E-state index contributed by atoms with van der Waals surface area (Å²) in [6.07, 6.45) is 1.09. The van der Waals surface area contributed by atoms with Gasteiger partial charge < -0.3 is 10.1 Å². The van der Waals surface area contributed by atoms with Gasteiger partial charge in [-0.3, -0.25) is 10.1 Å². The van der Waals surface area contributed by atoms with Crippen molar-refractivity contribution >= 4 is 17.7 Å². The Morgan fingerprint density at radius 3 is 2.32 bits per heavy atom. The normalized spacial score (nSPS) is 19.0. The second-order valence-electron chi connectivity index (χ2n) is 6.59. The SMILES string of the molecule is O=C(Nc1ccc(F)cc1)OC1CCCC(NC(=O)c2c(F)cccc2F)C1. The monoisotopic (exact) mass is 392 g/mol. The molecule has 3 rings (SSSR count). The third-order valence-electron chi connectivity index (χ3n) is 4.52. The second kappa shape index (κ2) is 8.77. The summed E-state index contributed by atoms with van der Waals surface area (Å²) in [5.41, 5.74) is -0.235. The molecule has 2 atom stereocenters. The number of anilines is 1. The van der Waals surface area contributed by atoms with E-state index in [1.54, 1.807) is 0 Å². The van der Waals surface area contributed by atoms with Gasteiger partial charge in [-0.1, -0.05) is 6.07 Å². The second-order valence-corrected chi connectivity index (χ2v) is 6.59. The lowest BCUT2D eigenvalue weighted by Gasteiger charge is -2.29. The number of hydrogen-bond acceptors (Lipinski definition) is 3. The van der Waals surface area contributed by atoms with Gasteiger partial charge in [0.2, 0.25) is 0 Å². The Morgan fingerprint density at radius 1 is 0.964 bits per heavy atom. The van der Waals surface area contributed by atoms with Gasteiger partial charge in [0.25, 0.3) is 5.91 Å². The molecule has 2 amide bonds.